The molecule has 0 atom stereocenters. The summed E-state index contributed by atoms with van der Waals surface area (Å²) in [5.41, 5.74) is 0.631. The highest BCUT2D eigenvalue weighted by Gasteiger charge is 2.11. The lowest BCUT2D eigenvalue weighted by Crippen LogP contribution is -1.97. The highest BCUT2D eigenvalue weighted by molar-refractivity contribution is 6.31. The van der Waals surface area contributed by atoms with Gasteiger partial charge < -0.3 is 14.9 Å². The van der Waals surface area contributed by atoms with Gasteiger partial charge in [-0.05, 0) is 12.1 Å². The van der Waals surface area contributed by atoms with Crippen LogP contribution in [-0.4, -0.2) is 23.9 Å². The van der Waals surface area contributed by atoms with E-state index >= 15 is 0 Å². The van der Waals surface area contributed by atoms with Crippen molar-refractivity contribution in [2.75, 3.05) is 13.7 Å². The summed E-state index contributed by atoms with van der Waals surface area (Å²) in [7, 11) is 1.45. The Morgan fingerprint density at radius 2 is 2.15 bits per heavy atom. The smallest absolute Gasteiger partial charge is 0.165 e. The maximum atomic E-state index is 9.38. The van der Waals surface area contributed by atoms with E-state index in [1.807, 2.05) is 0 Å². The topological polar surface area (TPSA) is 49.7 Å². The molecule has 72 valence electrons. The number of hydrogen-bond donors (Lipinski definition) is 2. The summed E-state index contributed by atoms with van der Waals surface area (Å²) in [5, 5.41) is 18.6. The van der Waals surface area contributed by atoms with Crippen molar-refractivity contribution >= 4 is 11.6 Å². The monoisotopic (exact) mass is 202 g/mol. The third-order valence-electron chi connectivity index (χ3n) is 1.75. The van der Waals surface area contributed by atoms with Gasteiger partial charge in [0, 0.05) is 23.6 Å². The van der Waals surface area contributed by atoms with Crippen molar-refractivity contribution in [2.45, 2.75) is 6.42 Å². The maximum Gasteiger partial charge on any atom is 0.165 e. The molecule has 0 aliphatic rings. The summed E-state index contributed by atoms with van der Waals surface area (Å²) >= 11 is 5.86. The van der Waals surface area contributed by atoms with E-state index in [0.29, 0.717) is 22.8 Å². The second kappa shape index (κ2) is 4.35. The van der Waals surface area contributed by atoms with Crippen molar-refractivity contribution in [3.8, 4) is 11.5 Å². The number of rotatable bonds is 3. The Labute approximate surface area is 81.5 Å². The Morgan fingerprint density at radius 3 is 2.69 bits per heavy atom. The van der Waals surface area contributed by atoms with Gasteiger partial charge in [0.25, 0.3) is 0 Å². The number of hydrogen-bond acceptors (Lipinski definition) is 3. The zero-order valence-electron chi connectivity index (χ0n) is 7.25. The van der Waals surface area contributed by atoms with Crippen LogP contribution in [0.1, 0.15) is 5.56 Å². The number of aliphatic hydroxyl groups excluding tert-OH is 1. The Kier molecular flexibility index (Phi) is 3.39. The number of benzene rings is 1. The van der Waals surface area contributed by atoms with Crippen LogP contribution in [0, 0.1) is 0 Å². The molecule has 2 N–H and O–H groups in total. The molecule has 1 aromatic rings. The first-order chi connectivity index (χ1) is 6.20. The van der Waals surface area contributed by atoms with Crippen LogP contribution in [-0.2, 0) is 6.42 Å². The lowest BCUT2D eigenvalue weighted by atomic mass is 10.1. The van der Waals surface area contributed by atoms with E-state index in [-0.39, 0.29) is 12.4 Å². The fourth-order valence-corrected chi connectivity index (χ4v) is 1.41. The van der Waals surface area contributed by atoms with E-state index in [1.165, 1.54) is 13.2 Å². The minimum atomic E-state index is -0.0282. The minimum Gasteiger partial charge on any atom is -0.504 e. The summed E-state index contributed by atoms with van der Waals surface area (Å²) in [6.07, 6.45) is 0.371. The molecule has 0 aliphatic heterocycles. The van der Waals surface area contributed by atoms with Crippen LogP contribution < -0.4 is 4.74 Å². The van der Waals surface area contributed by atoms with E-state index in [2.05, 4.69) is 0 Å². The first-order valence-corrected chi connectivity index (χ1v) is 4.23. The van der Waals surface area contributed by atoms with Crippen molar-refractivity contribution in [2.24, 2.45) is 0 Å². The Morgan fingerprint density at radius 1 is 1.46 bits per heavy atom. The highest BCUT2D eigenvalue weighted by Crippen LogP contribution is 2.35. The average Bonchev–Trinajstić information content (AvgIpc) is 2.12. The first-order valence-electron chi connectivity index (χ1n) is 3.86. The maximum absolute atomic E-state index is 9.38. The van der Waals surface area contributed by atoms with E-state index < -0.39 is 0 Å². The van der Waals surface area contributed by atoms with Crippen LogP contribution >= 0.6 is 11.6 Å². The quantitative estimate of drug-likeness (QED) is 0.783. The average molecular weight is 203 g/mol. The molecule has 0 saturated carbocycles. The number of aliphatic hydroxyl groups is 1. The molecule has 0 unspecified atom stereocenters. The Bertz CT molecular complexity index is 299. The molecule has 0 fully saturated rings. The van der Waals surface area contributed by atoms with Gasteiger partial charge in [-0.1, -0.05) is 11.6 Å². The van der Waals surface area contributed by atoms with Crippen molar-refractivity contribution in [1.82, 2.24) is 0 Å². The van der Waals surface area contributed by atoms with E-state index in [9.17, 15) is 5.11 Å². The Hall–Kier alpha value is -0.930. The van der Waals surface area contributed by atoms with Crippen LogP contribution in [0.3, 0.4) is 0 Å². The van der Waals surface area contributed by atoms with Crippen LogP contribution in [0.15, 0.2) is 12.1 Å². The van der Waals surface area contributed by atoms with Gasteiger partial charge >= 0.3 is 0 Å². The second-order valence-corrected chi connectivity index (χ2v) is 2.96. The number of ether oxygens (including phenoxy) is 1. The molecular weight excluding hydrogens is 192 g/mol. The first kappa shape index (κ1) is 10.2. The zero-order chi connectivity index (χ0) is 9.84. The molecule has 0 aliphatic carbocycles. The molecule has 0 spiro atoms. The molecule has 1 rings (SSSR count). The molecular formula is C9H11ClO3. The molecule has 13 heavy (non-hydrogen) atoms. The molecule has 0 radical (unpaired) electrons. The van der Waals surface area contributed by atoms with Crippen molar-refractivity contribution in [3.63, 3.8) is 0 Å². The lowest BCUT2D eigenvalue weighted by Gasteiger charge is -2.10. The largest absolute Gasteiger partial charge is 0.504 e. The van der Waals surface area contributed by atoms with E-state index in [4.69, 9.17) is 21.4 Å². The van der Waals surface area contributed by atoms with Crippen molar-refractivity contribution in [1.29, 1.82) is 0 Å². The van der Waals surface area contributed by atoms with Crippen LogP contribution in [0.2, 0.25) is 5.02 Å². The van der Waals surface area contributed by atoms with Crippen LogP contribution in [0.4, 0.5) is 0 Å². The summed E-state index contributed by atoms with van der Waals surface area (Å²) in [5.74, 6) is 0.372. The second-order valence-electron chi connectivity index (χ2n) is 2.55. The van der Waals surface area contributed by atoms with Gasteiger partial charge in [0.1, 0.15) is 0 Å². The summed E-state index contributed by atoms with van der Waals surface area (Å²) in [6, 6.07) is 3.03. The van der Waals surface area contributed by atoms with Crippen molar-refractivity contribution < 1.29 is 14.9 Å². The molecule has 0 heterocycles. The zero-order valence-corrected chi connectivity index (χ0v) is 8.01. The van der Waals surface area contributed by atoms with E-state index in [0.717, 1.165) is 0 Å². The summed E-state index contributed by atoms with van der Waals surface area (Å²) in [4.78, 5) is 0. The normalized spacial score (nSPS) is 10.1. The lowest BCUT2D eigenvalue weighted by molar-refractivity contribution is 0.295. The van der Waals surface area contributed by atoms with Gasteiger partial charge in [-0.2, -0.15) is 0 Å². The number of halogens is 1. The highest BCUT2D eigenvalue weighted by atomic mass is 35.5. The predicted molar refractivity (Wildman–Crippen MR) is 50.5 cm³/mol. The number of phenols is 1. The van der Waals surface area contributed by atoms with Crippen LogP contribution in [0.5, 0.6) is 11.5 Å². The third kappa shape index (κ3) is 2.05. The molecule has 0 amide bonds. The molecule has 0 aromatic heterocycles. The fraction of sp³-hybridized carbons (Fsp3) is 0.333. The fourth-order valence-electron chi connectivity index (χ4n) is 1.16. The Balaban J connectivity index is 3.18. The third-order valence-corrected chi connectivity index (χ3v) is 2.10. The van der Waals surface area contributed by atoms with Gasteiger partial charge in [0.15, 0.2) is 11.5 Å². The molecule has 4 heteroatoms. The number of aromatic hydroxyl groups is 1. The van der Waals surface area contributed by atoms with Gasteiger partial charge in [0.2, 0.25) is 0 Å². The molecule has 1 aromatic carbocycles. The predicted octanol–water partition coefficient (Wildman–Crippen LogP) is 1.59. The number of phenolic OH excluding ortho intramolecular Hbond substituents is 1. The number of methoxy groups -OCH3 is 1. The molecule has 0 bridgehead atoms. The summed E-state index contributed by atoms with van der Waals surface area (Å²) < 4.78 is 4.96. The van der Waals surface area contributed by atoms with Gasteiger partial charge in [0.05, 0.1) is 7.11 Å². The van der Waals surface area contributed by atoms with Crippen LogP contribution in [0.25, 0.3) is 0 Å². The van der Waals surface area contributed by atoms with Gasteiger partial charge in [-0.25, -0.2) is 0 Å². The van der Waals surface area contributed by atoms with Gasteiger partial charge in [-0.3, -0.25) is 0 Å². The van der Waals surface area contributed by atoms with Gasteiger partial charge in [-0.15, -0.1) is 0 Å². The van der Waals surface area contributed by atoms with E-state index in [1.54, 1.807) is 6.07 Å². The minimum absolute atomic E-state index is 0.0282. The summed E-state index contributed by atoms with van der Waals surface area (Å²) in [6.45, 7) is -0.0282. The molecule has 3 nitrogen and oxygen atoms in total. The SMILES string of the molecule is COc1c(O)ccc(Cl)c1CCO. The standard InChI is InChI=1S/C9H11ClO3/c1-13-9-6(4-5-11)7(10)2-3-8(9)12/h2-3,11-12H,4-5H2,1H3. The molecule has 0 saturated heterocycles. The van der Waals surface area contributed by atoms with Crippen molar-refractivity contribution in [3.05, 3.63) is 22.7 Å².